The average molecular weight is 398 g/mol. The number of piperidine rings is 2. The van der Waals surface area contributed by atoms with Crippen LogP contribution in [0.25, 0.3) is 0 Å². The molecule has 0 radical (unpaired) electrons. The summed E-state index contributed by atoms with van der Waals surface area (Å²) in [7, 11) is 0. The minimum absolute atomic E-state index is 0.0424. The summed E-state index contributed by atoms with van der Waals surface area (Å²) >= 11 is 0. The predicted molar refractivity (Wildman–Crippen MR) is 111 cm³/mol. The summed E-state index contributed by atoms with van der Waals surface area (Å²) in [6.07, 6.45) is 4.91. The Morgan fingerprint density at radius 3 is 2.55 bits per heavy atom. The van der Waals surface area contributed by atoms with Gasteiger partial charge in [-0.1, -0.05) is 35.5 Å². The van der Waals surface area contributed by atoms with Crippen molar-refractivity contribution in [3.05, 3.63) is 35.9 Å². The molecule has 1 aromatic carbocycles. The Morgan fingerprint density at radius 2 is 1.90 bits per heavy atom. The minimum atomic E-state index is -0.848. The number of benzene rings is 1. The lowest BCUT2D eigenvalue weighted by atomic mass is 9.72. The van der Waals surface area contributed by atoms with E-state index in [0.717, 1.165) is 57.6 Å². The van der Waals surface area contributed by atoms with Crippen molar-refractivity contribution in [2.75, 3.05) is 26.2 Å². The van der Waals surface area contributed by atoms with E-state index >= 15 is 0 Å². The molecule has 0 aromatic heterocycles. The molecule has 3 aliphatic heterocycles. The van der Waals surface area contributed by atoms with E-state index in [1.54, 1.807) is 0 Å². The first-order valence-electron chi connectivity index (χ1n) is 10.7. The molecule has 2 fully saturated rings. The van der Waals surface area contributed by atoms with Gasteiger partial charge in [0.05, 0.1) is 5.71 Å². The van der Waals surface area contributed by atoms with Crippen LogP contribution in [0, 0.1) is 5.41 Å². The topological polar surface area (TPSA) is 62.2 Å². The van der Waals surface area contributed by atoms with Crippen LogP contribution in [0.4, 0.5) is 0 Å². The van der Waals surface area contributed by atoms with Crippen LogP contribution in [0.3, 0.4) is 0 Å². The summed E-state index contributed by atoms with van der Waals surface area (Å²) in [6, 6.07) is 10.3. The molecule has 3 heterocycles. The Morgan fingerprint density at radius 1 is 1.17 bits per heavy atom. The maximum absolute atomic E-state index is 13.0. The predicted octanol–water partition coefficient (Wildman–Crippen LogP) is 3.02. The van der Waals surface area contributed by atoms with Crippen LogP contribution >= 0.6 is 0 Å². The van der Waals surface area contributed by atoms with Gasteiger partial charge in [-0.2, -0.15) is 0 Å². The first kappa shape index (κ1) is 19.9. The molecule has 0 aliphatic carbocycles. The van der Waals surface area contributed by atoms with Crippen molar-refractivity contribution in [2.45, 2.75) is 58.0 Å². The highest BCUT2D eigenvalue weighted by Crippen LogP contribution is 2.41. The lowest BCUT2D eigenvalue weighted by Gasteiger charge is -2.48. The van der Waals surface area contributed by atoms with Crippen molar-refractivity contribution in [2.24, 2.45) is 10.6 Å². The molecule has 6 nitrogen and oxygen atoms in total. The molecule has 0 saturated carbocycles. The summed E-state index contributed by atoms with van der Waals surface area (Å²) in [6.45, 7) is 6.79. The Kier molecular flexibility index (Phi) is 5.36. The van der Waals surface area contributed by atoms with Crippen LogP contribution in [-0.4, -0.2) is 59.1 Å². The molecule has 0 N–H and O–H groups in total. The Balaban J connectivity index is 1.34. The van der Waals surface area contributed by atoms with Gasteiger partial charge < -0.3 is 14.6 Å². The van der Waals surface area contributed by atoms with Gasteiger partial charge in [0.25, 0.3) is 5.91 Å². The highest BCUT2D eigenvalue weighted by molar-refractivity contribution is 5.94. The Hall–Kier alpha value is -2.37. The van der Waals surface area contributed by atoms with Gasteiger partial charge in [0.2, 0.25) is 11.5 Å². The molecular weight excluding hydrogens is 366 g/mol. The molecule has 1 atom stereocenters. The van der Waals surface area contributed by atoms with E-state index in [0.29, 0.717) is 12.8 Å². The van der Waals surface area contributed by atoms with Crippen molar-refractivity contribution in [1.29, 1.82) is 0 Å². The third kappa shape index (κ3) is 4.16. The normalized spacial score (nSPS) is 26.4. The largest absolute Gasteiger partial charge is 0.379 e. The smallest absolute Gasteiger partial charge is 0.269 e. The van der Waals surface area contributed by atoms with Gasteiger partial charge in [-0.25, -0.2) is 0 Å². The van der Waals surface area contributed by atoms with Crippen molar-refractivity contribution >= 4 is 17.5 Å². The van der Waals surface area contributed by atoms with E-state index in [-0.39, 0.29) is 17.2 Å². The monoisotopic (exact) mass is 397 g/mol. The fourth-order valence-electron chi connectivity index (χ4n) is 4.99. The zero-order valence-electron chi connectivity index (χ0n) is 17.5. The molecule has 0 bridgehead atoms. The molecule has 29 heavy (non-hydrogen) atoms. The van der Waals surface area contributed by atoms with Crippen molar-refractivity contribution < 1.29 is 14.4 Å². The number of rotatable bonds is 4. The summed E-state index contributed by atoms with van der Waals surface area (Å²) < 4.78 is 0. The van der Waals surface area contributed by atoms with Gasteiger partial charge >= 0.3 is 0 Å². The molecule has 1 spiro atoms. The lowest BCUT2D eigenvalue weighted by Crippen LogP contribution is -2.55. The van der Waals surface area contributed by atoms with Crippen molar-refractivity contribution in [3.63, 3.8) is 0 Å². The molecular formula is C23H31N3O3. The molecule has 2 saturated heterocycles. The summed E-state index contributed by atoms with van der Waals surface area (Å²) in [5.74, 6) is 0.310. The number of hydrogen-bond donors (Lipinski definition) is 0. The van der Waals surface area contributed by atoms with Crippen LogP contribution in [0.5, 0.6) is 0 Å². The second-order valence-corrected chi connectivity index (χ2v) is 9.17. The maximum Gasteiger partial charge on any atom is 0.269 e. The van der Waals surface area contributed by atoms with E-state index < -0.39 is 5.60 Å². The Bertz CT molecular complexity index is 799. The summed E-state index contributed by atoms with van der Waals surface area (Å²) in [5.41, 5.74) is 1.43. The molecule has 3 aliphatic rings. The quantitative estimate of drug-likeness (QED) is 0.785. The molecule has 2 amide bonds. The number of hydrogen-bond acceptors (Lipinski definition) is 4. The molecule has 156 valence electrons. The van der Waals surface area contributed by atoms with Crippen molar-refractivity contribution in [1.82, 2.24) is 9.80 Å². The molecule has 6 heteroatoms. The number of oxime groups is 1. The average Bonchev–Trinajstić information content (AvgIpc) is 3.09. The zero-order chi connectivity index (χ0) is 20.5. The SMILES string of the molecule is CC1=NOC(C)(C(=O)N2CCC3(CCC(=O)N(CCc4ccccc4)C3)CC2)C1. The van der Waals surface area contributed by atoms with Crippen LogP contribution in [-0.2, 0) is 20.8 Å². The number of amides is 2. The van der Waals surface area contributed by atoms with Crippen LogP contribution < -0.4 is 0 Å². The molecule has 1 unspecified atom stereocenters. The summed E-state index contributed by atoms with van der Waals surface area (Å²) in [4.78, 5) is 34.9. The second kappa shape index (κ2) is 7.81. The highest BCUT2D eigenvalue weighted by Gasteiger charge is 2.47. The number of carbonyl (C=O) groups is 2. The number of nitrogens with zero attached hydrogens (tertiary/aromatic N) is 3. The first-order valence-corrected chi connectivity index (χ1v) is 10.7. The minimum Gasteiger partial charge on any atom is -0.379 e. The van der Waals surface area contributed by atoms with Crippen LogP contribution in [0.1, 0.15) is 51.5 Å². The fraction of sp³-hybridized carbons (Fsp3) is 0.609. The van der Waals surface area contributed by atoms with Gasteiger partial charge in [0, 0.05) is 39.0 Å². The van der Waals surface area contributed by atoms with Crippen LogP contribution in [0.15, 0.2) is 35.5 Å². The Labute approximate surface area is 172 Å². The third-order valence-electron chi connectivity index (χ3n) is 6.82. The van der Waals surface area contributed by atoms with E-state index in [9.17, 15) is 9.59 Å². The highest BCUT2D eigenvalue weighted by atomic mass is 16.7. The zero-order valence-corrected chi connectivity index (χ0v) is 17.5. The van der Waals surface area contributed by atoms with Gasteiger partial charge in [-0.15, -0.1) is 0 Å². The van der Waals surface area contributed by atoms with Gasteiger partial charge in [0.15, 0.2) is 0 Å². The van der Waals surface area contributed by atoms with E-state index in [2.05, 4.69) is 17.3 Å². The number of carbonyl (C=O) groups excluding carboxylic acids is 2. The lowest BCUT2D eigenvalue weighted by molar-refractivity contribution is -0.157. The van der Waals surface area contributed by atoms with E-state index in [1.165, 1.54) is 5.56 Å². The summed E-state index contributed by atoms with van der Waals surface area (Å²) in [5, 5.41) is 3.98. The first-order chi connectivity index (χ1) is 13.9. The van der Waals surface area contributed by atoms with Crippen molar-refractivity contribution in [3.8, 4) is 0 Å². The number of likely N-dealkylation sites (tertiary alicyclic amines) is 2. The van der Waals surface area contributed by atoms with E-state index in [1.807, 2.05) is 41.8 Å². The van der Waals surface area contributed by atoms with Crippen LogP contribution in [0.2, 0.25) is 0 Å². The van der Waals surface area contributed by atoms with Gasteiger partial charge in [-0.05, 0) is 50.5 Å². The third-order valence-corrected chi connectivity index (χ3v) is 6.82. The van der Waals surface area contributed by atoms with Gasteiger partial charge in [0.1, 0.15) is 0 Å². The fourth-order valence-corrected chi connectivity index (χ4v) is 4.99. The molecule has 4 rings (SSSR count). The van der Waals surface area contributed by atoms with Gasteiger partial charge in [-0.3, -0.25) is 9.59 Å². The maximum atomic E-state index is 13.0. The standard InChI is InChI=1S/C23H31N3O3/c1-18-16-22(2,29-24-18)21(28)25-14-11-23(12-15-25)10-8-20(27)26(17-23)13-9-19-6-4-3-5-7-19/h3-7H,8-17H2,1-2H3. The second-order valence-electron chi connectivity index (χ2n) is 9.17. The van der Waals surface area contributed by atoms with E-state index in [4.69, 9.17) is 4.84 Å². The molecule has 1 aromatic rings.